The summed E-state index contributed by atoms with van der Waals surface area (Å²) in [6.45, 7) is 2.96. The Morgan fingerprint density at radius 2 is 0.963 bits per heavy atom. The van der Waals surface area contributed by atoms with Crippen LogP contribution in [0.2, 0.25) is 0 Å². The third-order valence-electron chi connectivity index (χ3n) is 3.96. The van der Waals surface area contributed by atoms with E-state index in [0.29, 0.717) is 28.9 Å². The Labute approximate surface area is 158 Å². The van der Waals surface area contributed by atoms with E-state index in [0.717, 1.165) is 0 Å². The second kappa shape index (κ2) is 9.43. The number of carbonyl (C=O) groups is 4. The van der Waals surface area contributed by atoms with Gasteiger partial charge in [-0.25, -0.2) is 0 Å². The fraction of sp³-hybridized carbons (Fsp3) is 0.238. The molecule has 0 aliphatic carbocycles. The Bertz CT molecular complexity index is 768. The van der Waals surface area contributed by atoms with Crippen molar-refractivity contribution in [3.8, 4) is 0 Å². The van der Waals surface area contributed by atoms with Gasteiger partial charge in [0.15, 0.2) is 11.6 Å². The molecule has 27 heavy (non-hydrogen) atoms. The van der Waals surface area contributed by atoms with E-state index in [2.05, 4.69) is 10.6 Å². The van der Waals surface area contributed by atoms with Gasteiger partial charge >= 0.3 is 0 Å². The van der Waals surface area contributed by atoms with Gasteiger partial charge in [-0.15, -0.1) is 0 Å². The number of Topliss-reactive ketones (excluding diaryl/α,β-unsaturated/α-hetero) is 2. The van der Waals surface area contributed by atoms with Crippen LogP contribution < -0.4 is 10.6 Å². The van der Waals surface area contributed by atoms with Crippen LogP contribution in [0.1, 0.15) is 53.8 Å². The average Bonchev–Trinajstić information content (AvgIpc) is 2.62. The van der Waals surface area contributed by atoms with Gasteiger partial charge in [-0.1, -0.05) is 0 Å². The average molecular weight is 366 g/mol. The van der Waals surface area contributed by atoms with E-state index >= 15 is 0 Å². The van der Waals surface area contributed by atoms with Crippen LogP contribution in [0.15, 0.2) is 48.5 Å². The van der Waals surface area contributed by atoms with Crippen LogP contribution in [0.5, 0.6) is 0 Å². The molecule has 0 bridgehead atoms. The van der Waals surface area contributed by atoms with Crippen molar-refractivity contribution in [3.63, 3.8) is 0 Å². The van der Waals surface area contributed by atoms with E-state index in [1.165, 1.54) is 13.8 Å². The van der Waals surface area contributed by atoms with Crippen LogP contribution in [-0.2, 0) is 9.59 Å². The number of benzene rings is 2. The van der Waals surface area contributed by atoms with Crippen molar-refractivity contribution in [1.29, 1.82) is 0 Å². The molecule has 2 N–H and O–H groups in total. The van der Waals surface area contributed by atoms with Gasteiger partial charge in [-0.05, 0) is 68.8 Å². The smallest absolute Gasteiger partial charge is 0.224 e. The maximum absolute atomic E-state index is 11.9. The minimum absolute atomic E-state index is 0.0326. The highest BCUT2D eigenvalue weighted by molar-refractivity contribution is 5.97. The molecule has 0 heterocycles. The van der Waals surface area contributed by atoms with Gasteiger partial charge in [0.05, 0.1) is 0 Å². The number of ketones is 2. The predicted molar refractivity (Wildman–Crippen MR) is 104 cm³/mol. The van der Waals surface area contributed by atoms with E-state index in [9.17, 15) is 19.2 Å². The SMILES string of the molecule is CC(=O)c1ccc(NC(=O)CCCC(=O)Nc2ccc(C(C)=O)cc2)cc1. The van der Waals surface area contributed by atoms with Gasteiger partial charge in [0.25, 0.3) is 0 Å². The molecular weight excluding hydrogens is 344 g/mol. The first-order valence-corrected chi connectivity index (χ1v) is 8.67. The molecule has 0 aliphatic rings. The first kappa shape index (κ1) is 20.0. The molecule has 2 amide bonds. The Morgan fingerprint density at radius 1 is 0.630 bits per heavy atom. The molecule has 0 unspecified atom stereocenters. The molecule has 6 heteroatoms. The van der Waals surface area contributed by atoms with Gasteiger partial charge < -0.3 is 10.6 Å². The topological polar surface area (TPSA) is 92.3 Å². The fourth-order valence-electron chi connectivity index (χ4n) is 2.43. The normalized spacial score (nSPS) is 10.1. The van der Waals surface area contributed by atoms with Crippen molar-refractivity contribution in [1.82, 2.24) is 0 Å². The largest absolute Gasteiger partial charge is 0.326 e. The standard InChI is InChI=1S/C21H22N2O4/c1-14(24)16-6-10-18(11-7-16)22-20(26)4-3-5-21(27)23-19-12-8-17(9-13-19)15(2)25/h6-13H,3-5H2,1-2H3,(H,22,26)(H,23,27). The van der Waals surface area contributed by atoms with E-state index < -0.39 is 0 Å². The number of hydrogen-bond donors (Lipinski definition) is 2. The summed E-state index contributed by atoms with van der Waals surface area (Å²) < 4.78 is 0. The first-order chi connectivity index (χ1) is 12.8. The monoisotopic (exact) mass is 366 g/mol. The van der Waals surface area contributed by atoms with Crippen molar-refractivity contribution < 1.29 is 19.2 Å². The number of hydrogen-bond acceptors (Lipinski definition) is 4. The van der Waals surface area contributed by atoms with Crippen molar-refractivity contribution in [3.05, 3.63) is 59.7 Å². The van der Waals surface area contributed by atoms with Crippen molar-refractivity contribution >= 4 is 34.8 Å². The second-order valence-electron chi connectivity index (χ2n) is 6.22. The summed E-state index contributed by atoms with van der Waals surface area (Å²) in [5, 5.41) is 5.47. The number of carbonyl (C=O) groups excluding carboxylic acids is 4. The summed E-state index contributed by atoms with van der Waals surface area (Å²) in [5.74, 6) is -0.446. The van der Waals surface area contributed by atoms with Crippen LogP contribution in [0.4, 0.5) is 11.4 Å². The fourth-order valence-corrected chi connectivity index (χ4v) is 2.43. The van der Waals surface area contributed by atoms with Gasteiger partial charge in [-0.2, -0.15) is 0 Å². The third kappa shape index (κ3) is 6.51. The van der Waals surface area contributed by atoms with E-state index in [4.69, 9.17) is 0 Å². The molecule has 0 aliphatic heterocycles. The molecule has 0 aromatic heterocycles. The third-order valence-corrected chi connectivity index (χ3v) is 3.96. The zero-order valence-electron chi connectivity index (χ0n) is 15.4. The highest BCUT2D eigenvalue weighted by Crippen LogP contribution is 2.13. The second-order valence-corrected chi connectivity index (χ2v) is 6.22. The number of rotatable bonds is 8. The minimum Gasteiger partial charge on any atom is -0.326 e. The van der Waals surface area contributed by atoms with Gasteiger partial charge in [0.1, 0.15) is 0 Å². The summed E-state index contributed by atoms with van der Waals surface area (Å²) in [7, 11) is 0. The van der Waals surface area contributed by atoms with Crippen LogP contribution in [0, 0.1) is 0 Å². The highest BCUT2D eigenvalue weighted by Gasteiger charge is 2.07. The van der Waals surface area contributed by atoms with Crippen LogP contribution in [0.3, 0.4) is 0 Å². The van der Waals surface area contributed by atoms with Crippen LogP contribution in [-0.4, -0.2) is 23.4 Å². The summed E-state index contributed by atoms with van der Waals surface area (Å²) in [4.78, 5) is 46.3. The lowest BCUT2D eigenvalue weighted by Gasteiger charge is -2.07. The molecule has 2 aromatic rings. The molecule has 0 spiro atoms. The Balaban J connectivity index is 1.73. The van der Waals surface area contributed by atoms with E-state index in [-0.39, 0.29) is 36.2 Å². The van der Waals surface area contributed by atoms with Crippen molar-refractivity contribution in [2.24, 2.45) is 0 Å². The summed E-state index contributed by atoms with van der Waals surface area (Å²) in [6, 6.07) is 13.3. The summed E-state index contributed by atoms with van der Waals surface area (Å²) >= 11 is 0. The Kier molecular flexibility index (Phi) is 7.00. The van der Waals surface area contributed by atoms with Crippen LogP contribution in [0.25, 0.3) is 0 Å². The van der Waals surface area contributed by atoms with E-state index in [1.54, 1.807) is 48.5 Å². The summed E-state index contributed by atoms with van der Waals surface area (Å²) in [6.07, 6.45) is 0.838. The lowest BCUT2D eigenvalue weighted by atomic mass is 10.1. The zero-order valence-corrected chi connectivity index (χ0v) is 15.4. The molecule has 0 saturated heterocycles. The van der Waals surface area contributed by atoms with Gasteiger partial charge in [-0.3, -0.25) is 19.2 Å². The van der Waals surface area contributed by atoms with Gasteiger partial charge in [0.2, 0.25) is 11.8 Å². The highest BCUT2D eigenvalue weighted by atomic mass is 16.2. The maximum Gasteiger partial charge on any atom is 0.224 e. The molecule has 2 aromatic carbocycles. The van der Waals surface area contributed by atoms with Crippen molar-refractivity contribution in [2.75, 3.05) is 10.6 Å². The molecule has 0 fully saturated rings. The number of anilines is 2. The number of nitrogens with one attached hydrogen (secondary N) is 2. The predicted octanol–water partition coefficient (Wildman–Crippen LogP) is 3.84. The molecule has 140 valence electrons. The maximum atomic E-state index is 11.9. The van der Waals surface area contributed by atoms with Crippen molar-refractivity contribution in [2.45, 2.75) is 33.1 Å². The zero-order chi connectivity index (χ0) is 19.8. The molecular formula is C21H22N2O4. The first-order valence-electron chi connectivity index (χ1n) is 8.67. The summed E-state index contributed by atoms with van der Waals surface area (Å²) in [5.41, 5.74) is 2.39. The quantitative estimate of drug-likeness (QED) is 0.694. The molecule has 0 radical (unpaired) electrons. The minimum atomic E-state index is -0.191. The molecule has 0 atom stereocenters. The Hall–Kier alpha value is -3.28. The van der Waals surface area contributed by atoms with Gasteiger partial charge in [0, 0.05) is 35.3 Å². The Morgan fingerprint density at radius 3 is 1.26 bits per heavy atom. The molecule has 6 nitrogen and oxygen atoms in total. The van der Waals surface area contributed by atoms with Crippen LogP contribution >= 0.6 is 0 Å². The van der Waals surface area contributed by atoms with E-state index in [1.807, 2.05) is 0 Å². The lowest BCUT2D eigenvalue weighted by Crippen LogP contribution is -2.15. The lowest BCUT2D eigenvalue weighted by molar-refractivity contribution is -0.117. The number of amides is 2. The molecule has 0 saturated carbocycles. The molecule has 2 rings (SSSR count).